The zero-order chi connectivity index (χ0) is 9.10. The molecule has 13 heavy (non-hydrogen) atoms. The highest BCUT2D eigenvalue weighted by molar-refractivity contribution is 9.11. The molecule has 0 spiro atoms. The van der Waals surface area contributed by atoms with E-state index < -0.39 is 0 Å². The van der Waals surface area contributed by atoms with Crippen LogP contribution < -0.4 is 0 Å². The maximum absolute atomic E-state index is 3.46. The van der Waals surface area contributed by atoms with Crippen LogP contribution in [0.2, 0.25) is 0 Å². The Kier molecular flexibility index (Phi) is 2.86. The Morgan fingerprint density at radius 2 is 2.00 bits per heavy atom. The van der Waals surface area contributed by atoms with Gasteiger partial charge < -0.3 is 4.57 Å². The van der Waals surface area contributed by atoms with Crippen LogP contribution in [0.15, 0.2) is 40.4 Å². The molecule has 0 aliphatic carbocycles. The van der Waals surface area contributed by atoms with Crippen molar-refractivity contribution < 1.29 is 0 Å². The second-order valence-electron chi connectivity index (χ2n) is 2.88. The molecule has 0 N–H and O–H groups in total. The van der Waals surface area contributed by atoms with Crippen LogP contribution in [0.25, 0.3) is 0 Å². The third-order valence-corrected chi connectivity index (χ3v) is 3.59. The highest BCUT2D eigenvalue weighted by Gasteiger charge is 1.97. The smallest absolute Gasteiger partial charge is 0.0701 e. The Hall–Kier alpha value is -0.540. The second-order valence-corrected chi connectivity index (χ2v) is 5.42. The van der Waals surface area contributed by atoms with E-state index in [0.29, 0.717) is 0 Å². The maximum atomic E-state index is 3.46. The fraction of sp³-hybridized carbons (Fsp3) is 0.200. The summed E-state index contributed by atoms with van der Waals surface area (Å²) in [7, 11) is 0. The van der Waals surface area contributed by atoms with Gasteiger partial charge in [0.25, 0.3) is 0 Å². The quantitative estimate of drug-likeness (QED) is 0.791. The standard InChI is InChI=1S/C10H10BrNS/c11-10-4-3-9(13-10)5-8-12-6-1-2-7-12/h1-4,6-7H,5,8H2. The fourth-order valence-corrected chi connectivity index (χ4v) is 2.72. The second kappa shape index (κ2) is 4.11. The molecule has 0 radical (unpaired) electrons. The molecule has 0 amide bonds. The summed E-state index contributed by atoms with van der Waals surface area (Å²) in [6.07, 6.45) is 5.32. The van der Waals surface area contributed by atoms with Gasteiger partial charge in [-0.05, 0) is 46.6 Å². The van der Waals surface area contributed by atoms with Crippen molar-refractivity contribution in [1.82, 2.24) is 4.57 Å². The first-order valence-corrected chi connectivity index (χ1v) is 5.80. The molecule has 68 valence electrons. The topological polar surface area (TPSA) is 4.93 Å². The van der Waals surface area contributed by atoms with Crippen molar-refractivity contribution in [3.8, 4) is 0 Å². The predicted molar refractivity (Wildman–Crippen MR) is 60.2 cm³/mol. The Bertz CT molecular complexity index is 364. The molecule has 3 heteroatoms. The van der Waals surface area contributed by atoms with Gasteiger partial charge in [-0.1, -0.05) is 0 Å². The van der Waals surface area contributed by atoms with Gasteiger partial charge in [-0.25, -0.2) is 0 Å². The molecule has 0 bridgehead atoms. The summed E-state index contributed by atoms with van der Waals surface area (Å²) in [6, 6.07) is 8.41. The number of rotatable bonds is 3. The van der Waals surface area contributed by atoms with Crippen LogP contribution in [0.3, 0.4) is 0 Å². The molecule has 0 fully saturated rings. The molecule has 2 heterocycles. The molecule has 2 aromatic rings. The molecule has 0 saturated carbocycles. The van der Waals surface area contributed by atoms with Gasteiger partial charge in [-0.15, -0.1) is 11.3 Å². The summed E-state index contributed by atoms with van der Waals surface area (Å²) in [5.41, 5.74) is 0. The van der Waals surface area contributed by atoms with E-state index in [4.69, 9.17) is 0 Å². The first-order valence-electron chi connectivity index (χ1n) is 4.19. The van der Waals surface area contributed by atoms with Gasteiger partial charge in [0.05, 0.1) is 3.79 Å². The maximum Gasteiger partial charge on any atom is 0.0701 e. The summed E-state index contributed by atoms with van der Waals surface area (Å²) >= 11 is 5.28. The molecule has 2 rings (SSSR count). The average Bonchev–Trinajstić information content (AvgIpc) is 2.71. The lowest BCUT2D eigenvalue weighted by Gasteiger charge is -1.99. The SMILES string of the molecule is Brc1ccc(CCn2cccc2)s1. The summed E-state index contributed by atoms with van der Waals surface area (Å²) in [5.74, 6) is 0. The summed E-state index contributed by atoms with van der Waals surface area (Å²) in [4.78, 5) is 1.43. The molecule has 1 nitrogen and oxygen atoms in total. The minimum Gasteiger partial charge on any atom is -0.354 e. The number of nitrogens with zero attached hydrogens (tertiary/aromatic N) is 1. The Morgan fingerprint density at radius 3 is 2.62 bits per heavy atom. The highest BCUT2D eigenvalue weighted by Crippen LogP contribution is 2.22. The van der Waals surface area contributed by atoms with Crippen LogP contribution in [0.1, 0.15) is 4.88 Å². The van der Waals surface area contributed by atoms with Crippen LogP contribution in [-0.4, -0.2) is 4.57 Å². The van der Waals surface area contributed by atoms with Crippen molar-refractivity contribution in [2.45, 2.75) is 13.0 Å². The lowest BCUT2D eigenvalue weighted by molar-refractivity contribution is 0.707. The molecule has 0 aromatic carbocycles. The molecule has 0 aliphatic rings. The van der Waals surface area contributed by atoms with Gasteiger partial charge in [0, 0.05) is 23.8 Å². The number of halogens is 1. The first kappa shape index (κ1) is 9.03. The van der Waals surface area contributed by atoms with Gasteiger partial charge in [0.2, 0.25) is 0 Å². The fourth-order valence-electron chi connectivity index (χ4n) is 1.24. The third kappa shape index (κ3) is 2.45. The Labute approximate surface area is 90.1 Å². The summed E-state index contributed by atoms with van der Waals surface area (Å²) in [6.45, 7) is 1.07. The van der Waals surface area contributed by atoms with Crippen molar-refractivity contribution in [1.29, 1.82) is 0 Å². The first-order chi connectivity index (χ1) is 6.34. The van der Waals surface area contributed by atoms with E-state index in [-0.39, 0.29) is 0 Å². The van der Waals surface area contributed by atoms with Crippen molar-refractivity contribution >= 4 is 27.3 Å². The van der Waals surface area contributed by atoms with E-state index >= 15 is 0 Å². The molecule has 0 atom stereocenters. The van der Waals surface area contributed by atoms with Gasteiger partial charge in [0.1, 0.15) is 0 Å². The molecule has 0 unspecified atom stereocenters. The van der Waals surface area contributed by atoms with Crippen LogP contribution in [-0.2, 0) is 13.0 Å². The molecule has 0 saturated heterocycles. The van der Waals surface area contributed by atoms with E-state index in [9.17, 15) is 0 Å². The van der Waals surface area contributed by atoms with Gasteiger partial charge in [-0.3, -0.25) is 0 Å². The number of aryl methyl sites for hydroxylation is 2. The van der Waals surface area contributed by atoms with Crippen LogP contribution >= 0.6 is 27.3 Å². The van der Waals surface area contributed by atoms with Crippen molar-refractivity contribution in [2.24, 2.45) is 0 Å². The highest BCUT2D eigenvalue weighted by atomic mass is 79.9. The minimum absolute atomic E-state index is 1.07. The van der Waals surface area contributed by atoms with Crippen molar-refractivity contribution in [3.63, 3.8) is 0 Å². The van der Waals surface area contributed by atoms with Gasteiger partial charge in [0.15, 0.2) is 0 Å². The van der Waals surface area contributed by atoms with Crippen LogP contribution in [0, 0.1) is 0 Å². The lowest BCUT2D eigenvalue weighted by Crippen LogP contribution is -1.95. The van der Waals surface area contributed by atoms with E-state index in [1.165, 1.54) is 8.66 Å². The molecule has 2 aromatic heterocycles. The van der Waals surface area contributed by atoms with Gasteiger partial charge >= 0.3 is 0 Å². The normalized spacial score (nSPS) is 10.5. The lowest BCUT2D eigenvalue weighted by atomic mass is 10.3. The predicted octanol–water partition coefficient (Wildman–Crippen LogP) is 3.55. The van der Waals surface area contributed by atoms with Crippen molar-refractivity contribution in [3.05, 3.63) is 45.3 Å². The molecule has 0 aliphatic heterocycles. The Balaban J connectivity index is 1.93. The van der Waals surface area contributed by atoms with E-state index in [1.54, 1.807) is 0 Å². The third-order valence-electron chi connectivity index (χ3n) is 1.91. The summed E-state index contributed by atoms with van der Waals surface area (Å²) in [5, 5.41) is 0. The van der Waals surface area contributed by atoms with E-state index in [0.717, 1.165) is 13.0 Å². The van der Waals surface area contributed by atoms with Crippen LogP contribution in [0.4, 0.5) is 0 Å². The zero-order valence-electron chi connectivity index (χ0n) is 7.11. The zero-order valence-corrected chi connectivity index (χ0v) is 9.51. The number of aromatic nitrogens is 1. The largest absolute Gasteiger partial charge is 0.354 e. The summed E-state index contributed by atoms with van der Waals surface area (Å²) < 4.78 is 3.42. The van der Waals surface area contributed by atoms with Crippen LogP contribution in [0.5, 0.6) is 0 Å². The van der Waals surface area contributed by atoms with E-state index in [2.05, 4.69) is 57.2 Å². The van der Waals surface area contributed by atoms with Gasteiger partial charge in [-0.2, -0.15) is 0 Å². The van der Waals surface area contributed by atoms with Crippen molar-refractivity contribution in [2.75, 3.05) is 0 Å². The number of hydrogen-bond acceptors (Lipinski definition) is 1. The molecular formula is C10H10BrNS. The monoisotopic (exact) mass is 255 g/mol. The number of hydrogen-bond donors (Lipinski definition) is 0. The van der Waals surface area contributed by atoms with E-state index in [1.807, 2.05) is 11.3 Å². The molecular weight excluding hydrogens is 246 g/mol. The number of thiophene rings is 1. The minimum atomic E-state index is 1.07. The Morgan fingerprint density at radius 1 is 1.23 bits per heavy atom. The average molecular weight is 256 g/mol.